The Kier molecular flexibility index (Phi) is 4.43. The van der Waals surface area contributed by atoms with E-state index in [1.165, 1.54) is 12.1 Å². The van der Waals surface area contributed by atoms with Crippen LogP contribution in [0.15, 0.2) is 47.0 Å². The van der Waals surface area contributed by atoms with Crippen LogP contribution >= 0.6 is 0 Å². The summed E-state index contributed by atoms with van der Waals surface area (Å²) >= 11 is 0. The minimum absolute atomic E-state index is 0.0366. The highest BCUT2D eigenvalue weighted by Crippen LogP contribution is 2.35. The van der Waals surface area contributed by atoms with Gasteiger partial charge in [0.15, 0.2) is 5.76 Å². The summed E-state index contributed by atoms with van der Waals surface area (Å²) < 4.78 is 10.7. The molecule has 25 heavy (non-hydrogen) atoms. The summed E-state index contributed by atoms with van der Waals surface area (Å²) in [7, 11) is 1.61. The Bertz CT molecular complexity index is 914. The number of primary amides is 1. The topological polar surface area (TPSA) is 98.6 Å². The number of aromatic nitrogens is 1. The molecule has 0 saturated heterocycles. The van der Waals surface area contributed by atoms with Gasteiger partial charge in [-0.1, -0.05) is 12.1 Å². The monoisotopic (exact) mass is 338 g/mol. The third kappa shape index (κ3) is 3.06. The summed E-state index contributed by atoms with van der Waals surface area (Å²) in [5, 5.41) is 13.8. The van der Waals surface area contributed by atoms with Crippen molar-refractivity contribution in [3.05, 3.63) is 53.6 Å². The molecule has 2 aromatic carbocycles. The first-order valence-corrected chi connectivity index (χ1v) is 7.81. The highest BCUT2D eigenvalue weighted by Gasteiger charge is 2.21. The number of phenols is 1. The van der Waals surface area contributed by atoms with E-state index in [0.29, 0.717) is 23.4 Å². The highest BCUT2D eigenvalue weighted by molar-refractivity contribution is 6.00. The van der Waals surface area contributed by atoms with E-state index in [9.17, 15) is 9.90 Å². The van der Waals surface area contributed by atoms with Gasteiger partial charge in [-0.05, 0) is 48.9 Å². The number of amides is 1. The van der Waals surface area contributed by atoms with Crippen molar-refractivity contribution in [3.63, 3.8) is 0 Å². The van der Waals surface area contributed by atoms with Crippen LogP contribution in [-0.2, 0) is 6.42 Å². The van der Waals surface area contributed by atoms with E-state index in [4.69, 9.17) is 15.0 Å². The van der Waals surface area contributed by atoms with Crippen LogP contribution in [0.25, 0.3) is 22.6 Å². The van der Waals surface area contributed by atoms with Crippen molar-refractivity contribution in [3.8, 4) is 34.1 Å². The molecule has 0 aliphatic heterocycles. The lowest BCUT2D eigenvalue weighted by atomic mass is 9.97. The van der Waals surface area contributed by atoms with Gasteiger partial charge in [0.05, 0.1) is 12.7 Å². The number of hydrogen-bond acceptors (Lipinski definition) is 5. The molecule has 1 amide bonds. The summed E-state index contributed by atoms with van der Waals surface area (Å²) in [5.41, 5.74) is 8.57. The quantitative estimate of drug-likeness (QED) is 0.743. The third-order valence-corrected chi connectivity index (χ3v) is 4.02. The fourth-order valence-electron chi connectivity index (χ4n) is 2.76. The van der Waals surface area contributed by atoms with Crippen molar-refractivity contribution in [2.24, 2.45) is 5.73 Å². The lowest BCUT2D eigenvalue weighted by molar-refractivity contribution is 0.100. The van der Waals surface area contributed by atoms with Gasteiger partial charge >= 0.3 is 0 Å². The summed E-state index contributed by atoms with van der Waals surface area (Å²) in [5.74, 6) is 0.544. The summed E-state index contributed by atoms with van der Waals surface area (Å²) in [6, 6.07) is 11.9. The fraction of sp³-hybridized carbons (Fsp3) is 0.158. The molecule has 128 valence electrons. The predicted octanol–water partition coefficient (Wildman–Crippen LogP) is 3.38. The van der Waals surface area contributed by atoms with Crippen molar-refractivity contribution >= 4 is 5.91 Å². The van der Waals surface area contributed by atoms with Crippen molar-refractivity contribution < 1.29 is 19.2 Å². The molecule has 6 nitrogen and oxygen atoms in total. The fourth-order valence-corrected chi connectivity index (χ4v) is 2.76. The molecular formula is C19H18N2O4. The molecule has 3 rings (SSSR count). The third-order valence-electron chi connectivity index (χ3n) is 4.02. The number of carbonyl (C=O) groups is 1. The van der Waals surface area contributed by atoms with Gasteiger partial charge in [0.1, 0.15) is 17.2 Å². The van der Waals surface area contributed by atoms with Crippen LogP contribution in [0, 0.1) is 0 Å². The number of aromatic hydroxyl groups is 1. The number of rotatable bonds is 5. The number of nitrogens with zero attached hydrogens (tertiary/aromatic N) is 1. The second-order valence-electron chi connectivity index (χ2n) is 5.52. The number of ether oxygens (including phenoxy) is 1. The minimum Gasteiger partial charge on any atom is -0.508 e. The first kappa shape index (κ1) is 16.6. The lowest BCUT2D eigenvalue weighted by Gasteiger charge is -2.07. The Labute approximate surface area is 144 Å². The van der Waals surface area contributed by atoms with Crippen molar-refractivity contribution in [1.82, 2.24) is 5.16 Å². The maximum atomic E-state index is 11.7. The van der Waals surface area contributed by atoms with E-state index < -0.39 is 5.91 Å². The Morgan fingerprint density at radius 3 is 2.56 bits per heavy atom. The van der Waals surface area contributed by atoms with E-state index in [0.717, 1.165) is 16.9 Å². The molecule has 3 N–H and O–H groups in total. The number of hydrogen-bond donors (Lipinski definition) is 2. The van der Waals surface area contributed by atoms with E-state index in [1.807, 2.05) is 31.2 Å². The molecule has 0 unspecified atom stereocenters. The molecule has 0 saturated carbocycles. The average Bonchev–Trinajstić information content (AvgIpc) is 3.05. The molecule has 1 aromatic heterocycles. The maximum Gasteiger partial charge on any atom is 0.249 e. The number of benzene rings is 2. The summed E-state index contributed by atoms with van der Waals surface area (Å²) in [4.78, 5) is 11.7. The van der Waals surface area contributed by atoms with Crippen LogP contribution < -0.4 is 10.5 Å². The molecule has 0 atom stereocenters. The van der Waals surface area contributed by atoms with Gasteiger partial charge in [0.2, 0.25) is 5.91 Å². The standard InChI is InChI=1S/C19H18N2O4/c1-3-14-17(11-4-7-13(24-2)8-5-11)21-25-18(14)15-9-6-12(22)10-16(15)19(20)23/h4-10,22H,3H2,1-2H3,(H2,20,23). The van der Waals surface area contributed by atoms with Crippen LogP contribution in [0.2, 0.25) is 0 Å². The summed E-state index contributed by atoms with van der Waals surface area (Å²) in [6.45, 7) is 1.98. The molecular weight excluding hydrogens is 320 g/mol. The molecule has 0 aliphatic carbocycles. The number of phenolic OH excluding ortho intramolecular Hbond substituents is 1. The van der Waals surface area contributed by atoms with Crippen LogP contribution in [0.4, 0.5) is 0 Å². The number of methoxy groups -OCH3 is 1. The normalized spacial score (nSPS) is 10.6. The van der Waals surface area contributed by atoms with Gasteiger partial charge in [-0.2, -0.15) is 0 Å². The van der Waals surface area contributed by atoms with Gasteiger partial charge in [-0.25, -0.2) is 0 Å². The molecule has 6 heteroatoms. The second-order valence-corrected chi connectivity index (χ2v) is 5.52. The first-order valence-electron chi connectivity index (χ1n) is 7.81. The molecule has 0 radical (unpaired) electrons. The maximum absolute atomic E-state index is 11.7. The highest BCUT2D eigenvalue weighted by atomic mass is 16.5. The second kappa shape index (κ2) is 6.68. The summed E-state index contributed by atoms with van der Waals surface area (Å²) in [6.07, 6.45) is 0.652. The van der Waals surface area contributed by atoms with Crippen molar-refractivity contribution in [2.45, 2.75) is 13.3 Å². The van der Waals surface area contributed by atoms with Crippen LogP contribution in [0.1, 0.15) is 22.8 Å². The lowest BCUT2D eigenvalue weighted by Crippen LogP contribution is -2.12. The van der Waals surface area contributed by atoms with Crippen LogP contribution in [-0.4, -0.2) is 23.3 Å². The zero-order valence-electron chi connectivity index (χ0n) is 13.9. The molecule has 0 bridgehead atoms. The van der Waals surface area contributed by atoms with Crippen LogP contribution in [0.5, 0.6) is 11.5 Å². The van der Waals surface area contributed by atoms with E-state index in [1.54, 1.807) is 13.2 Å². The molecule has 0 aliphatic rings. The smallest absolute Gasteiger partial charge is 0.249 e. The van der Waals surface area contributed by atoms with E-state index >= 15 is 0 Å². The van der Waals surface area contributed by atoms with E-state index in [2.05, 4.69) is 5.16 Å². The SMILES string of the molecule is CCc1c(-c2ccc(OC)cc2)noc1-c1ccc(O)cc1C(N)=O. The average molecular weight is 338 g/mol. The Hall–Kier alpha value is -3.28. The molecule has 3 aromatic rings. The zero-order valence-corrected chi connectivity index (χ0v) is 13.9. The Morgan fingerprint density at radius 1 is 1.24 bits per heavy atom. The Balaban J connectivity index is 2.13. The number of carbonyl (C=O) groups excluding carboxylic acids is 1. The number of nitrogens with two attached hydrogens (primary N) is 1. The van der Waals surface area contributed by atoms with Gasteiger partial charge < -0.3 is 20.1 Å². The largest absolute Gasteiger partial charge is 0.508 e. The first-order chi connectivity index (χ1) is 12.0. The molecule has 0 fully saturated rings. The zero-order chi connectivity index (χ0) is 18.0. The van der Waals surface area contributed by atoms with Crippen molar-refractivity contribution in [1.29, 1.82) is 0 Å². The van der Waals surface area contributed by atoms with Gasteiger partial charge in [-0.3, -0.25) is 4.79 Å². The van der Waals surface area contributed by atoms with Crippen LogP contribution in [0.3, 0.4) is 0 Å². The minimum atomic E-state index is -0.643. The van der Waals surface area contributed by atoms with E-state index in [-0.39, 0.29) is 11.3 Å². The van der Waals surface area contributed by atoms with Gasteiger partial charge in [-0.15, -0.1) is 0 Å². The van der Waals surface area contributed by atoms with Crippen molar-refractivity contribution in [2.75, 3.05) is 7.11 Å². The van der Waals surface area contributed by atoms with Gasteiger partial charge in [0, 0.05) is 16.7 Å². The molecule has 1 heterocycles. The van der Waals surface area contributed by atoms with Gasteiger partial charge in [0.25, 0.3) is 0 Å². The molecule has 0 spiro atoms. The predicted molar refractivity (Wildman–Crippen MR) is 93.5 cm³/mol. The Morgan fingerprint density at radius 2 is 1.96 bits per heavy atom.